The van der Waals surface area contributed by atoms with Crippen LogP contribution < -0.4 is 20.1 Å². The van der Waals surface area contributed by atoms with Crippen molar-refractivity contribution in [2.45, 2.75) is 0 Å². The van der Waals surface area contributed by atoms with Crippen LogP contribution in [-0.2, 0) is 9.59 Å². The summed E-state index contributed by atoms with van der Waals surface area (Å²) in [6.45, 7) is -0.214. The predicted octanol–water partition coefficient (Wildman–Crippen LogP) is 3.85. The first-order chi connectivity index (χ1) is 13.5. The molecule has 1 saturated heterocycles. The third-order valence-corrected chi connectivity index (χ3v) is 5.13. The number of benzene rings is 2. The van der Waals surface area contributed by atoms with Gasteiger partial charge >= 0.3 is 0 Å². The van der Waals surface area contributed by atoms with Crippen LogP contribution in [0.3, 0.4) is 0 Å². The number of nitrogens with one attached hydrogen (secondary N) is 2. The molecule has 2 N–H and O–H groups in total. The maximum Gasteiger partial charge on any atom is 0.263 e. The van der Waals surface area contributed by atoms with E-state index < -0.39 is 0 Å². The second kappa shape index (κ2) is 9.09. The number of carbonyl (C=O) groups excluding carboxylic acids is 2. The summed E-state index contributed by atoms with van der Waals surface area (Å²) in [5.41, 5.74) is 1.25. The Labute approximate surface area is 176 Å². The van der Waals surface area contributed by atoms with Gasteiger partial charge in [0.25, 0.3) is 11.8 Å². The highest BCUT2D eigenvalue weighted by molar-refractivity contribution is 8.26. The first-order valence-electron chi connectivity index (χ1n) is 8.06. The lowest BCUT2D eigenvalue weighted by atomic mass is 10.2. The van der Waals surface area contributed by atoms with Crippen molar-refractivity contribution in [1.82, 2.24) is 5.32 Å². The largest absolute Gasteiger partial charge is 0.493 e. The zero-order valence-electron chi connectivity index (χ0n) is 14.7. The maximum atomic E-state index is 12.1. The fourth-order valence-corrected chi connectivity index (χ4v) is 3.58. The second-order valence-electron chi connectivity index (χ2n) is 5.58. The van der Waals surface area contributed by atoms with E-state index in [1.807, 2.05) is 0 Å². The molecule has 1 fully saturated rings. The van der Waals surface area contributed by atoms with Gasteiger partial charge in [0.1, 0.15) is 4.32 Å². The van der Waals surface area contributed by atoms with Gasteiger partial charge in [0.2, 0.25) is 0 Å². The quantitative estimate of drug-likeness (QED) is 0.531. The molecule has 0 spiro atoms. The molecule has 2 aromatic carbocycles. The van der Waals surface area contributed by atoms with Gasteiger partial charge in [-0.3, -0.25) is 9.59 Å². The Morgan fingerprint density at radius 1 is 1.29 bits per heavy atom. The van der Waals surface area contributed by atoms with Crippen molar-refractivity contribution in [1.29, 1.82) is 0 Å². The molecule has 2 aromatic rings. The molecule has 1 aliphatic rings. The Kier molecular flexibility index (Phi) is 6.56. The van der Waals surface area contributed by atoms with Gasteiger partial charge in [-0.2, -0.15) is 0 Å². The van der Waals surface area contributed by atoms with Gasteiger partial charge in [0.05, 0.1) is 22.7 Å². The maximum absolute atomic E-state index is 12.1. The number of carbonyl (C=O) groups is 2. The van der Waals surface area contributed by atoms with Gasteiger partial charge in [-0.15, -0.1) is 0 Å². The van der Waals surface area contributed by atoms with E-state index in [0.717, 1.165) is 5.56 Å². The highest BCUT2D eigenvalue weighted by Gasteiger charge is 2.22. The van der Waals surface area contributed by atoms with Gasteiger partial charge in [-0.1, -0.05) is 53.8 Å². The molecule has 2 amide bonds. The number of hydrogen-bond acceptors (Lipinski definition) is 6. The number of halogens is 1. The van der Waals surface area contributed by atoms with Crippen molar-refractivity contribution >= 4 is 63.5 Å². The van der Waals surface area contributed by atoms with Crippen LogP contribution >= 0.6 is 35.6 Å². The van der Waals surface area contributed by atoms with Gasteiger partial charge in [0.15, 0.2) is 18.1 Å². The zero-order valence-corrected chi connectivity index (χ0v) is 17.0. The highest BCUT2D eigenvalue weighted by Crippen LogP contribution is 2.31. The number of methoxy groups -OCH3 is 1. The summed E-state index contributed by atoms with van der Waals surface area (Å²) >= 11 is 12.2. The van der Waals surface area contributed by atoms with Crippen LogP contribution in [0.4, 0.5) is 5.69 Å². The minimum absolute atomic E-state index is 0.214. The number of para-hydroxylation sites is 1. The van der Waals surface area contributed by atoms with Crippen molar-refractivity contribution in [2.75, 3.05) is 19.0 Å². The van der Waals surface area contributed by atoms with Crippen molar-refractivity contribution in [3.05, 3.63) is 58.0 Å². The third kappa shape index (κ3) is 5.03. The summed E-state index contributed by atoms with van der Waals surface area (Å²) in [6, 6.07) is 12.1. The van der Waals surface area contributed by atoms with Crippen molar-refractivity contribution in [3.63, 3.8) is 0 Å². The van der Waals surface area contributed by atoms with Crippen LogP contribution in [0, 0.1) is 0 Å². The average Bonchev–Trinajstić information content (AvgIpc) is 2.99. The predicted molar refractivity (Wildman–Crippen MR) is 115 cm³/mol. The number of hydrogen-bond donors (Lipinski definition) is 2. The molecule has 0 aromatic heterocycles. The summed E-state index contributed by atoms with van der Waals surface area (Å²) in [4.78, 5) is 24.4. The van der Waals surface area contributed by atoms with Crippen LogP contribution in [0.5, 0.6) is 11.5 Å². The lowest BCUT2D eigenvalue weighted by molar-refractivity contribution is -0.118. The summed E-state index contributed by atoms with van der Waals surface area (Å²) in [5, 5.41) is 5.69. The van der Waals surface area contributed by atoms with Crippen molar-refractivity contribution in [3.8, 4) is 11.5 Å². The number of thiocarbonyl (C=S) groups is 1. The molecule has 0 atom stereocenters. The van der Waals surface area contributed by atoms with Gasteiger partial charge < -0.3 is 20.1 Å². The highest BCUT2D eigenvalue weighted by atomic mass is 35.5. The molecule has 0 radical (unpaired) electrons. The molecule has 6 nitrogen and oxygen atoms in total. The number of thioether (sulfide) groups is 1. The van der Waals surface area contributed by atoms with E-state index in [1.165, 1.54) is 18.9 Å². The standard InChI is InChI=1S/C19H15ClN2O4S2/c1-25-15-8-11(9-16-18(24)22-19(27)28-16)6-7-14(15)26-10-17(23)21-13-5-3-2-4-12(13)20/h2-9H,10H2,1H3,(H,21,23)(H,22,24,27)/b16-9-. The lowest BCUT2D eigenvalue weighted by Gasteiger charge is -2.12. The Morgan fingerprint density at radius 3 is 2.75 bits per heavy atom. The molecule has 0 unspecified atom stereocenters. The number of rotatable bonds is 6. The van der Waals surface area contributed by atoms with Crippen LogP contribution in [0.2, 0.25) is 5.02 Å². The molecule has 0 bridgehead atoms. The normalized spacial score (nSPS) is 14.7. The Bertz CT molecular complexity index is 978. The molecule has 9 heteroatoms. The van der Waals surface area contributed by atoms with E-state index in [2.05, 4.69) is 10.6 Å². The van der Waals surface area contributed by atoms with Crippen LogP contribution in [0.25, 0.3) is 6.08 Å². The van der Waals surface area contributed by atoms with Crippen molar-refractivity contribution < 1.29 is 19.1 Å². The molecule has 0 saturated carbocycles. The topological polar surface area (TPSA) is 76.7 Å². The first kappa shape index (κ1) is 20.2. The minimum atomic E-state index is -0.353. The first-order valence-corrected chi connectivity index (χ1v) is 9.66. The van der Waals surface area contributed by atoms with Gasteiger partial charge in [-0.25, -0.2) is 0 Å². The Morgan fingerprint density at radius 2 is 2.07 bits per heavy atom. The van der Waals surface area contributed by atoms with E-state index in [4.69, 9.17) is 33.3 Å². The zero-order chi connectivity index (χ0) is 20.1. The number of ether oxygens (including phenoxy) is 2. The smallest absolute Gasteiger partial charge is 0.263 e. The second-order valence-corrected chi connectivity index (χ2v) is 7.71. The summed E-state index contributed by atoms with van der Waals surface area (Å²) in [5.74, 6) is 0.253. The fraction of sp³-hybridized carbons (Fsp3) is 0.105. The number of amides is 2. The van der Waals surface area contributed by atoms with E-state index >= 15 is 0 Å². The minimum Gasteiger partial charge on any atom is -0.493 e. The average molecular weight is 435 g/mol. The fourth-order valence-electron chi connectivity index (χ4n) is 2.36. The molecule has 144 valence electrons. The van der Waals surface area contributed by atoms with E-state index in [9.17, 15) is 9.59 Å². The van der Waals surface area contributed by atoms with Gasteiger partial charge in [-0.05, 0) is 35.9 Å². The van der Waals surface area contributed by atoms with Crippen LogP contribution in [-0.4, -0.2) is 29.9 Å². The van der Waals surface area contributed by atoms with E-state index in [-0.39, 0.29) is 18.4 Å². The van der Waals surface area contributed by atoms with Crippen molar-refractivity contribution in [2.24, 2.45) is 0 Å². The van der Waals surface area contributed by atoms with Crippen LogP contribution in [0.15, 0.2) is 47.4 Å². The van der Waals surface area contributed by atoms with Gasteiger partial charge in [0, 0.05) is 0 Å². The lowest BCUT2D eigenvalue weighted by Crippen LogP contribution is -2.20. The Balaban J connectivity index is 1.67. The summed E-state index contributed by atoms with van der Waals surface area (Å²) in [7, 11) is 1.50. The summed E-state index contributed by atoms with van der Waals surface area (Å²) < 4.78 is 11.3. The van der Waals surface area contributed by atoms with Crippen LogP contribution in [0.1, 0.15) is 5.56 Å². The monoisotopic (exact) mass is 434 g/mol. The Hall–Kier alpha value is -2.55. The summed E-state index contributed by atoms with van der Waals surface area (Å²) in [6.07, 6.45) is 1.70. The molecular weight excluding hydrogens is 420 g/mol. The molecule has 28 heavy (non-hydrogen) atoms. The molecule has 3 rings (SSSR count). The molecule has 0 aliphatic carbocycles. The third-order valence-electron chi connectivity index (χ3n) is 3.63. The van der Waals surface area contributed by atoms with E-state index in [1.54, 1.807) is 48.5 Å². The number of anilines is 1. The molecular formula is C19H15ClN2O4S2. The SMILES string of the molecule is COc1cc(/C=C2\SC(=S)NC2=O)ccc1OCC(=O)Nc1ccccc1Cl. The van der Waals surface area contributed by atoms with E-state index in [0.29, 0.717) is 31.4 Å². The molecule has 1 aliphatic heterocycles. The molecule has 1 heterocycles.